The third-order valence-corrected chi connectivity index (χ3v) is 3.37. The zero-order chi connectivity index (χ0) is 14.4. The first kappa shape index (κ1) is 14.5. The Labute approximate surface area is 121 Å². The second-order valence-corrected chi connectivity index (χ2v) is 5.10. The minimum Gasteiger partial charge on any atom is -0.497 e. The molecular formula is C17H22N2O. The summed E-state index contributed by atoms with van der Waals surface area (Å²) in [4.78, 5) is 4.38. The molecule has 0 radical (unpaired) electrons. The minimum absolute atomic E-state index is 0.254. The lowest BCUT2D eigenvalue weighted by Crippen LogP contribution is -2.31. The van der Waals surface area contributed by atoms with Crippen LogP contribution in [0, 0.1) is 0 Å². The van der Waals surface area contributed by atoms with Crippen molar-refractivity contribution in [2.45, 2.75) is 32.4 Å². The quantitative estimate of drug-likeness (QED) is 0.874. The zero-order valence-electron chi connectivity index (χ0n) is 12.3. The molecule has 0 saturated heterocycles. The van der Waals surface area contributed by atoms with Gasteiger partial charge in [0.05, 0.1) is 12.8 Å². The second kappa shape index (κ2) is 7.06. The SMILES string of the molecule is COc1ccc(CC(C)N[C@@H](C)c2ccccn2)cc1. The maximum atomic E-state index is 5.17. The van der Waals surface area contributed by atoms with Gasteiger partial charge in [-0.3, -0.25) is 4.98 Å². The lowest BCUT2D eigenvalue weighted by Gasteiger charge is -2.19. The number of benzene rings is 1. The fourth-order valence-corrected chi connectivity index (χ4v) is 2.32. The smallest absolute Gasteiger partial charge is 0.118 e. The molecule has 0 spiro atoms. The van der Waals surface area contributed by atoms with Crippen molar-refractivity contribution >= 4 is 0 Å². The van der Waals surface area contributed by atoms with Gasteiger partial charge in [-0.05, 0) is 50.1 Å². The first-order chi connectivity index (χ1) is 9.69. The molecule has 1 aromatic heterocycles. The summed E-state index contributed by atoms with van der Waals surface area (Å²) in [5, 5.41) is 3.58. The summed E-state index contributed by atoms with van der Waals surface area (Å²) in [6, 6.07) is 14.9. The predicted molar refractivity (Wildman–Crippen MR) is 81.9 cm³/mol. The molecule has 2 rings (SSSR count). The van der Waals surface area contributed by atoms with Crippen LogP contribution in [0.25, 0.3) is 0 Å². The largest absolute Gasteiger partial charge is 0.497 e. The lowest BCUT2D eigenvalue weighted by molar-refractivity contribution is 0.414. The van der Waals surface area contributed by atoms with Gasteiger partial charge in [0, 0.05) is 18.3 Å². The molecule has 106 valence electrons. The Morgan fingerprint density at radius 1 is 1.10 bits per heavy atom. The fraction of sp³-hybridized carbons (Fsp3) is 0.353. The molecule has 0 aliphatic rings. The van der Waals surface area contributed by atoms with Gasteiger partial charge >= 0.3 is 0 Å². The summed E-state index contributed by atoms with van der Waals surface area (Å²) < 4.78 is 5.17. The third kappa shape index (κ3) is 4.07. The van der Waals surface area contributed by atoms with E-state index in [1.54, 1.807) is 7.11 Å². The van der Waals surface area contributed by atoms with Crippen molar-refractivity contribution in [1.29, 1.82) is 0 Å². The number of methoxy groups -OCH3 is 1. The highest BCUT2D eigenvalue weighted by atomic mass is 16.5. The van der Waals surface area contributed by atoms with Crippen molar-refractivity contribution in [2.75, 3.05) is 7.11 Å². The Bertz CT molecular complexity index is 510. The van der Waals surface area contributed by atoms with E-state index in [0.717, 1.165) is 17.9 Å². The molecule has 3 heteroatoms. The van der Waals surface area contributed by atoms with E-state index in [1.807, 2.05) is 30.5 Å². The number of nitrogens with zero attached hydrogens (tertiary/aromatic N) is 1. The van der Waals surface area contributed by atoms with E-state index < -0.39 is 0 Å². The van der Waals surface area contributed by atoms with Gasteiger partial charge in [0.2, 0.25) is 0 Å². The molecule has 20 heavy (non-hydrogen) atoms. The minimum atomic E-state index is 0.254. The van der Waals surface area contributed by atoms with Gasteiger partial charge in [0.15, 0.2) is 0 Å². The Balaban J connectivity index is 1.90. The van der Waals surface area contributed by atoms with Crippen molar-refractivity contribution in [3.8, 4) is 5.75 Å². The monoisotopic (exact) mass is 270 g/mol. The predicted octanol–water partition coefficient (Wildman–Crippen LogP) is 3.37. The Kier molecular flexibility index (Phi) is 5.13. The standard InChI is InChI=1S/C17H22N2O/c1-13(12-15-7-9-16(20-3)10-8-15)19-14(2)17-6-4-5-11-18-17/h4-11,13-14,19H,12H2,1-3H3/t13?,14-/m0/s1. The number of ether oxygens (including phenoxy) is 1. The maximum Gasteiger partial charge on any atom is 0.118 e. The second-order valence-electron chi connectivity index (χ2n) is 5.10. The van der Waals surface area contributed by atoms with Gasteiger partial charge in [-0.25, -0.2) is 0 Å². The molecule has 3 nitrogen and oxygen atoms in total. The molecule has 2 atom stereocenters. The molecule has 0 aliphatic heterocycles. The van der Waals surface area contributed by atoms with Crippen molar-refractivity contribution in [3.05, 3.63) is 59.9 Å². The number of hydrogen-bond donors (Lipinski definition) is 1. The van der Waals surface area contributed by atoms with E-state index in [4.69, 9.17) is 4.74 Å². The molecule has 1 aromatic carbocycles. The number of aromatic nitrogens is 1. The fourth-order valence-electron chi connectivity index (χ4n) is 2.32. The van der Waals surface area contributed by atoms with Crippen LogP contribution in [-0.4, -0.2) is 18.1 Å². The highest BCUT2D eigenvalue weighted by Gasteiger charge is 2.10. The molecule has 0 fully saturated rings. The average molecular weight is 270 g/mol. The van der Waals surface area contributed by atoms with Gasteiger partial charge in [0.1, 0.15) is 5.75 Å². The summed E-state index contributed by atoms with van der Waals surface area (Å²) in [6.07, 6.45) is 2.82. The Hall–Kier alpha value is -1.87. The number of rotatable bonds is 6. The Morgan fingerprint density at radius 3 is 2.45 bits per heavy atom. The van der Waals surface area contributed by atoms with E-state index >= 15 is 0 Å². The van der Waals surface area contributed by atoms with Crippen LogP contribution in [0.5, 0.6) is 5.75 Å². The average Bonchev–Trinajstić information content (AvgIpc) is 2.49. The van der Waals surface area contributed by atoms with Gasteiger partial charge < -0.3 is 10.1 Å². The zero-order valence-corrected chi connectivity index (χ0v) is 12.3. The van der Waals surface area contributed by atoms with Crippen molar-refractivity contribution in [3.63, 3.8) is 0 Å². The summed E-state index contributed by atoms with van der Waals surface area (Å²) >= 11 is 0. The normalized spacial score (nSPS) is 13.8. The van der Waals surface area contributed by atoms with Crippen LogP contribution in [0.2, 0.25) is 0 Å². The van der Waals surface area contributed by atoms with Crippen molar-refractivity contribution in [2.24, 2.45) is 0 Å². The molecule has 1 heterocycles. The van der Waals surface area contributed by atoms with Gasteiger partial charge in [-0.15, -0.1) is 0 Å². The molecule has 0 aliphatic carbocycles. The third-order valence-electron chi connectivity index (χ3n) is 3.37. The van der Waals surface area contributed by atoms with Crippen LogP contribution >= 0.6 is 0 Å². The summed E-state index contributed by atoms with van der Waals surface area (Å²) in [5.74, 6) is 0.899. The number of nitrogens with one attached hydrogen (secondary N) is 1. The molecule has 1 unspecified atom stereocenters. The van der Waals surface area contributed by atoms with Gasteiger partial charge in [0.25, 0.3) is 0 Å². The van der Waals surface area contributed by atoms with E-state index in [0.29, 0.717) is 6.04 Å². The molecule has 2 aromatic rings. The number of hydrogen-bond acceptors (Lipinski definition) is 3. The molecule has 0 amide bonds. The van der Waals surface area contributed by atoms with Crippen LogP contribution in [-0.2, 0) is 6.42 Å². The number of pyridine rings is 1. The van der Waals surface area contributed by atoms with E-state index in [2.05, 4.69) is 42.3 Å². The Morgan fingerprint density at radius 2 is 1.85 bits per heavy atom. The molecule has 0 saturated carbocycles. The first-order valence-electron chi connectivity index (χ1n) is 6.99. The summed E-state index contributed by atoms with van der Waals surface area (Å²) in [7, 11) is 1.69. The van der Waals surface area contributed by atoms with Gasteiger partial charge in [-0.1, -0.05) is 18.2 Å². The molecule has 1 N–H and O–H groups in total. The van der Waals surface area contributed by atoms with Crippen LogP contribution in [0.3, 0.4) is 0 Å². The molecule has 0 bridgehead atoms. The maximum absolute atomic E-state index is 5.17. The molecular weight excluding hydrogens is 248 g/mol. The van der Waals surface area contributed by atoms with Crippen LogP contribution < -0.4 is 10.1 Å². The van der Waals surface area contributed by atoms with E-state index in [1.165, 1.54) is 5.56 Å². The van der Waals surface area contributed by atoms with Crippen molar-refractivity contribution < 1.29 is 4.74 Å². The highest BCUT2D eigenvalue weighted by Crippen LogP contribution is 2.14. The summed E-state index contributed by atoms with van der Waals surface area (Å²) in [5.41, 5.74) is 2.38. The van der Waals surface area contributed by atoms with Crippen LogP contribution in [0.15, 0.2) is 48.7 Å². The highest BCUT2D eigenvalue weighted by molar-refractivity contribution is 5.27. The lowest BCUT2D eigenvalue weighted by atomic mass is 10.1. The van der Waals surface area contributed by atoms with E-state index in [-0.39, 0.29) is 6.04 Å². The topological polar surface area (TPSA) is 34.1 Å². The van der Waals surface area contributed by atoms with Crippen LogP contribution in [0.1, 0.15) is 31.1 Å². The van der Waals surface area contributed by atoms with E-state index in [9.17, 15) is 0 Å². The van der Waals surface area contributed by atoms with Crippen LogP contribution in [0.4, 0.5) is 0 Å². The summed E-state index contributed by atoms with van der Waals surface area (Å²) in [6.45, 7) is 4.34. The van der Waals surface area contributed by atoms with Crippen molar-refractivity contribution in [1.82, 2.24) is 10.3 Å². The van der Waals surface area contributed by atoms with Gasteiger partial charge in [-0.2, -0.15) is 0 Å². The first-order valence-corrected chi connectivity index (χ1v) is 6.99.